The van der Waals surface area contributed by atoms with E-state index in [1.165, 1.54) is 27.9 Å². The smallest absolute Gasteiger partial charge is 0.359 e. The van der Waals surface area contributed by atoms with Crippen molar-refractivity contribution in [3.05, 3.63) is 81.7 Å². The predicted molar refractivity (Wildman–Crippen MR) is 149 cm³/mol. The summed E-state index contributed by atoms with van der Waals surface area (Å²) in [5.74, 6) is 2.73. The number of aryl methyl sites for hydroxylation is 3. The maximum Gasteiger partial charge on any atom is 0.359 e. The van der Waals surface area contributed by atoms with Crippen LogP contribution in [-0.2, 0) is 37.2 Å². The van der Waals surface area contributed by atoms with Crippen LogP contribution in [0.3, 0.4) is 0 Å². The second kappa shape index (κ2) is 10.9. The van der Waals surface area contributed by atoms with Gasteiger partial charge in [-0.25, -0.2) is 4.79 Å². The molecular formula is C33H37N3O3. The lowest BCUT2D eigenvalue weighted by molar-refractivity contribution is 0.0516. The van der Waals surface area contributed by atoms with Gasteiger partial charge in [-0.15, -0.1) is 0 Å². The molecule has 0 bridgehead atoms. The van der Waals surface area contributed by atoms with E-state index in [1.54, 1.807) is 0 Å². The number of aromatic nitrogens is 2. The van der Waals surface area contributed by atoms with Crippen molar-refractivity contribution in [2.45, 2.75) is 83.8 Å². The lowest BCUT2D eigenvalue weighted by Gasteiger charge is -2.44. The second-order valence-electron chi connectivity index (χ2n) is 11.2. The first-order chi connectivity index (χ1) is 19.1. The van der Waals surface area contributed by atoms with Crippen LogP contribution in [0.15, 0.2) is 42.5 Å². The Morgan fingerprint density at radius 3 is 2.69 bits per heavy atom. The highest BCUT2D eigenvalue weighted by atomic mass is 16.5. The van der Waals surface area contributed by atoms with Gasteiger partial charge in [0.1, 0.15) is 12.4 Å². The predicted octanol–water partition coefficient (Wildman–Crippen LogP) is 6.51. The highest BCUT2D eigenvalue weighted by Gasteiger charge is 2.49. The van der Waals surface area contributed by atoms with Gasteiger partial charge in [0, 0.05) is 17.2 Å². The standard InChI is InChI=1S/C33H37N3O3/c1-3-22-17-27-23(18-30(22)39-20-21-9-6-5-7-10-21)11-12-25-24(27)13-14-26-28(25)19-29-31(33(37)38-4-2)35-36(32(26)29)16-8-15-34/h5-7,9-10,17-18,24-26,28H,3-4,8,11-14,16,19-20H2,1-2H3. The molecule has 1 heterocycles. The molecule has 4 atom stereocenters. The lowest BCUT2D eigenvalue weighted by Crippen LogP contribution is -2.35. The minimum absolute atomic E-state index is 0.329. The maximum atomic E-state index is 12.8. The van der Waals surface area contributed by atoms with E-state index in [0.717, 1.165) is 49.8 Å². The van der Waals surface area contributed by atoms with E-state index in [0.29, 0.717) is 55.5 Å². The minimum atomic E-state index is -0.329. The van der Waals surface area contributed by atoms with Gasteiger partial charge >= 0.3 is 5.97 Å². The number of fused-ring (bicyclic) bond motifs is 7. The quantitative estimate of drug-likeness (QED) is 0.315. The Bertz CT molecular complexity index is 1400. The van der Waals surface area contributed by atoms with Crippen LogP contribution < -0.4 is 4.74 Å². The molecule has 6 rings (SSSR count). The summed E-state index contributed by atoms with van der Waals surface area (Å²) in [6.07, 6.45) is 6.68. The average molecular weight is 524 g/mol. The third-order valence-electron chi connectivity index (χ3n) is 9.25. The third kappa shape index (κ3) is 4.62. The number of nitriles is 1. The summed E-state index contributed by atoms with van der Waals surface area (Å²) in [6.45, 7) is 5.50. The van der Waals surface area contributed by atoms with Crippen LogP contribution in [0, 0.1) is 23.2 Å². The van der Waals surface area contributed by atoms with Gasteiger partial charge in [0.2, 0.25) is 0 Å². The van der Waals surface area contributed by atoms with Crippen LogP contribution in [0.1, 0.15) is 95.4 Å². The molecule has 3 aliphatic rings. The van der Waals surface area contributed by atoms with Crippen molar-refractivity contribution >= 4 is 5.97 Å². The molecule has 6 nitrogen and oxygen atoms in total. The van der Waals surface area contributed by atoms with Crippen LogP contribution in [0.5, 0.6) is 5.75 Å². The molecule has 6 heteroatoms. The number of esters is 1. The minimum Gasteiger partial charge on any atom is -0.489 e. The molecular weight excluding hydrogens is 486 g/mol. The van der Waals surface area contributed by atoms with Crippen molar-refractivity contribution in [1.82, 2.24) is 9.78 Å². The number of hydrogen-bond acceptors (Lipinski definition) is 5. The normalized spacial score (nSPS) is 22.7. The van der Waals surface area contributed by atoms with E-state index >= 15 is 0 Å². The summed E-state index contributed by atoms with van der Waals surface area (Å²) >= 11 is 0. The van der Waals surface area contributed by atoms with E-state index in [2.05, 4.69) is 54.5 Å². The fraction of sp³-hybridized carbons (Fsp3) is 0.485. The van der Waals surface area contributed by atoms with Crippen LogP contribution in [0.25, 0.3) is 0 Å². The van der Waals surface area contributed by atoms with Gasteiger partial charge in [0.05, 0.1) is 25.6 Å². The molecule has 1 saturated carbocycles. The van der Waals surface area contributed by atoms with Crippen molar-refractivity contribution in [3.8, 4) is 11.8 Å². The average Bonchev–Trinajstić information content (AvgIpc) is 3.52. The first kappa shape index (κ1) is 25.7. The van der Waals surface area contributed by atoms with Crippen LogP contribution in [0.4, 0.5) is 0 Å². The van der Waals surface area contributed by atoms with Gasteiger partial charge in [-0.2, -0.15) is 10.4 Å². The monoisotopic (exact) mass is 523 g/mol. The number of rotatable bonds is 8. The van der Waals surface area contributed by atoms with Gasteiger partial charge in [0.25, 0.3) is 0 Å². The van der Waals surface area contributed by atoms with Crippen molar-refractivity contribution in [1.29, 1.82) is 5.26 Å². The van der Waals surface area contributed by atoms with Crippen molar-refractivity contribution in [2.75, 3.05) is 6.61 Å². The van der Waals surface area contributed by atoms with Crippen molar-refractivity contribution < 1.29 is 14.3 Å². The Hall–Kier alpha value is -3.59. The largest absolute Gasteiger partial charge is 0.489 e. The maximum absolute atomic E-state index is 12.8. The molecule has 0 amide bonds. The van der Waals surface area contributed by atoms with Crippen LogP contribution >= 0.6 is 0 Å². The number of carbonyl (C=O) groups excluding carboxylic acids is 1. The van der Waals surface area contributed by atoms with Gasteiger partial charge in [-0.05, 0) is 91.5 Å². The summed E-state index contributed by atoms with van der Waals surface area (Å²) in [4.78, 5) is 12.8. The van der Waals surface area contributed by atoms with Gasteiger partial charge in [0.15, 0.2) is 5.69 Å². The fourth-order valence-corrected chi connectivity index (χ4v) is 7.59. The molecule has 0 saturated heterocycles. The molecule has 1 aromatic heterocycles. The third-order valence-corrected chi connectivity index (χ3v) is 9.25. The molecule has 0 radical (unpaired) electrons. The molecule has 3 aromatic rings. The molecule has 0 N–H and O–H groups in total. The zero-order valence-corrected chi connectivity index (χ0v) is 23.0. The van der Waals surface area contributed by atoms with E-state index in [1.807, 2.05) is 17.7 Å². The zero-order chi connectivity index (χ0) is 26.9. The Labute approximate surface area is 230 Å². The Balaban J connectivity index is 1.27. The second-order valence-corrected chi connectivity index (χ2v) is 11.2. The molecule has 0 aliphatic heterocycles. The summed E-state index contributed by atoms with van der Waals surface area (Å²) < 4.78 is 13.7. The molecule has 39 heavy (non-hydrogen) atoms. The molecule has 0 spiro atoms. The summed E-state index contributed by atoms with van der Waals surface area (Å²) in [6, 6.07) is 17.4. The molecule has 1 fully saturated rings. The van der Waals surface area contributed by atoms with Crippen LogP contribution in [0.2, 0.25) is 0 Å². The number of nitrogens with zero attached hydrogens (tertiary/aromatic N) is 3. The summed E-state index contributed by atoms with van der Waals surface area (Å²) in [7, 11) is 0. The Morgan fingerprint density at radius 2 is 1.92 bits per heavy atom. The van der Waals surface area contributed by atoms with Gasteiger partial charge < -0.3 is 9.47 Å². The number of benzene rings is 2. The first-order valence-electron chi connectivity index (χ1n) is 14.6. The van der Waals surface area contributed by atoms with Gasteiger partial charge in [-0.3, -0.25) is 4.68 Å². The fourth-order valence-electron chi connectivity index (χ4n) is 7.59. The van der Waals surface area contributed by atoms with E-state index < -0.39 is 0 Å². The topological polar surface area (TPSA) is 77.1 Å². The number of ether oxygens (including phenoxy) is 2. The summed E-state index contributed by atoms with van der Waals surface area (Å²) in [5.41, 5.74) is 8.18. The Morgan fingerprint density at radius 1 is 1.10 bits per heavy atom. The molecule has 2 aromatic carbocycles. The van der Waals surface area contributed by atoms with Crippen molar-refractivity contribution in [3.63, 3.8) is 0 Å². The SMILES string of the molecule is CCOC(=O)c1nn(CCC#N)c2c1CC1C2CCC2c3cc(CC)c(OCc4ccccc4)cc3CCC21. The molecule has 202 valence electrons. The van der Waals surface area contributed by atoms with Crippen molar-refractivity contribution in [2.24, 2.45) is 11.8 Å². The zero-order valence-electron chi connectivity index (χ0n) is 23.0. The molecule has 4 unspecified atom stereocenters. The molecule has 3 aliphatic carbocycles. The van der Waals surface area contributed by atoms with E-state index in [4.69, 9.17) is 9.47 Å². The lowest BCUT2D eigenvalue weighted by atomic mass is 9.60. The van der Waals surface area contributed by atoms with Gasteiger partial charge in [-0.1, -0.05) is 43.3 Å². The first-order valence-corrected chi connectivity index (χ1v) is 14.6. The number of hydrogen-bond donors (Lipinski definition) is 0. The Kier molecular flexibility index (Phi) is 7.16. The highest BCUT2D eigenvalue weighted by molar-refractivity contribution is 5.89. The van der Waals surface area contributed by atoms with E-state index in [9.17, 15) is 10.1 Å². The van der Waals surface area contributed by atoms with E-state index in [-0.39, 0.29) is 5.97 Å². The number of carbonyl (C=O) groups is 1. The highest BCUT2D eigenvalue weighted by Crippen LogP contribution is 2.58. The van der Waals surface area contributed by atoms with Crippen LogP contribution in [-0.4, -0.2) is 22.4 Å². The summed E-state index contributed by atoms with van der Waals surface area (Å²) in [5, 5.41) is 13.9.